The Bertz CT molecular complexity index is 1220. The predicted molar refractivity (Wildman–Crippen MR) is 148 cm³/mol. The third-order valence-corrected chi connectivity index (χ3v) is 8.50. The van der Waals surface area contributed by atoms with E-state index in [4.69, 9.17) is 28.9 Å². The Hall–Kier alpha value is -2.37. The van der Waals surface area contributed by atoms with Crippen LogP contribution in [0.3, 0.4) is 0 Å². The summed E-state index contributed by atoms with van der Waals surface area (Å²) in [7, 11) is 0. The summed E-state index contributed by atoms with van der Waals surface area (Å²) < 4.78 is 0. The van der Waals surface area contributed by atoms with Crippen molar-refractivity contribution >= 4 is 29.1 Å². The van der Waals surface area contributed by atoms with Gasteiger partial charge < -0.3 is 15.5 Å². The number of amides is 1. The number of benzene rings is 3. The fourth-order valence-corrected chi connectivity index (χ4v) is 6.07. The summed E-state index contributed by atoms with van der Waals surface area (Å²) in [5, 5.41) is 1.20. The van der Waals surface area contributed by atoms with E-state index in [-0.39, 0.29) is 18.0 Å². The van der Waals surface area contributed by atoms with Crippen LogP contribution in [-0.2, 0) is 0 Å². The van der Waals surface area contributed by atoms with Crippen LogP contribution in [0.5, 0.6) is 0 Å². The first-order valence-electron chi connectivity index (χ1n) is 12.8. The standard InChI is InChI=1S/C30H33Cl2N3O/c1-20(33)22-8-5-9-24(14-22)30(36)35-18-26(21-6-3-2-4-7-21)15-27(35)19-34-13-12-25(17-34)23-10-11-28(31)29(32)16-23/h2-11,14,16,20,25-27H,12-13,15,17-19,33H2,1H3/t20?,25-,26-,27-/m0/s1. The molecule has 36 heavy (non-hydrogen) atoms. The molecule has 3 aromatic carbocycles. The van der Waals surface area contributed by atoms with Crippen molar-refractivity contribution in [2.24, 2.45) is 5.73 Å². The Balaban J connectivity index is 1.34. The summed E-state index contributed by atoms with van der Waals surface area (Å²) in [4.78, 5) is 18.4. The number of hydrogen-bond acceptors (Lipinski definition) is 3. The van der Waals surface area contributed by atoms with Crippen molar-refractivity contribution in [3.8, 4) is 0 Å². The molecule has 5 rings (SSSR count). The number of nitrogens with two attached hydrogens (primary N) is 1. The highest BCUT2D eigenvalue weighted by Gasteiger charge is 2.38. The number of nitrogens with zero attached hydrogens (tertiary/aromatic N) is 2. The molecule has 2 N–H and O–H groups in total. The molecule has 0 aromatic heterocycles. The molecule has 1 amide bonds. The molecule has 2 heterocycles. The predicted octanol–water partition coefficient (Wildman–Crippen LogP) is 6.50. The minimum Gasteiger partial charge on any atom is -0.334 e. The summed E-state index contributed by atoms with van der Waals surface area (Å²) in [5.74, 6) is 0.865. The lowest BCUT2D eigenvalue weighted by Crippen LogP contribution is -2.42. The third-order valence-electron chi connectivity index (χ3n) is 7.76. The van der Waals surface area contributed by atoms with Gasteiger partial charge in [0, 0.05) is 43.2 Å². The van der Waals surface area contributed by atoms with Gasteiger partial charge in [0.15, 0.2) is 0 Å². The largest absolute Gasteiger partial charge is 0.334 e. The molecule has 2 fully saturated rings. The summed E-state index contributed by atoms with van der Waals surface area (Å²) in [6.07, 6.45) is 2.05. The minimum atomic E-state index is -0.105. The molecule has 2 saturated heterocycles. The zero-order valence-corrected chi connectivity index (χ0v) is 22.1. The van der Waals surface area contributed by atoms with E-state index in [2.05, 4.69) is 40.1 Å². The summed E-state index contributed by atoms with van der Waals surface area (Å²) in [6, 6.07) is 24.4. The lowest BCUT2D eigenvalue weighted by Gasteiger charge is -2.29. The van der Waals surface area contributed by atoms with E-state index in [0.29, 0.717) is 21.9 Å². The van der Waals surface area contributed by atoms with Crippen LogP contribution >= 0.6 is 23.2 Å². The number of carbonyl (C=O) groups is 1. The number of likely N-dealkylation sites (tertiary alicyclic amines) is 2. The molecule has 4 atom stereocenters. The maximum atomic E-state index is 13.8. The van der Waals surface area contributed by atoms with Crippen molar-refractivity contribution in [2.75, 3.05) is 26.2 Å². The van der Waals surface area contributed by atoms with Crippen LogP contribution in [0.25, 0.3) is 0 Å². The number of rotatable bonds is 6. The van der Waals surface area contributed by atoms with Gasteiger partial charge in [0.05, 0.1) is 10.0 Å². The number of carbonyl (C=O) groups excluding carboxylic acids is 1. The molecule has 2 aliphatic rings. The molecule has 3 aromatic rings. The van der Waals surface area contributed by atoms with Gasteiger partial charge in [-0.3, -0.25) is 4.79 Å². The molecular weight excluding hydrogens is 489 g/mol. The van der Waals surface area contributed by atoms with Crippen LogP contribution in [0.4, 0.5) is 0 Å². The minimum absolute atomic E-state index is 0.0983. The molecule has 1 unspecified atom stereocenters. The van der Waals surface area contributed by atoms with Crippen LogP contribution in [0.1, 0.15) is 64.7 Å². The van der Waals surface area contributed by atoms with E-state index in [1.165, 1.54) is 11.1 Å². The van der Waals surface area contributed by atoms with E-state index in [9.17, 15) is 4.79 Å². The Morgan fingerprint density at radius 2 is 1.75 bits per heavy atom. The Kier molecular flexibility index (Phi) is 7.68. The normalized spacial score (nSPS) is 23.2. The fraction of sp³-hybridized carbons (Fsp3) is 0.367. The van der Waals surface area contributed by atoms with Gasteiger partial charge in [0.2, 0.25) is 0 Å². The van der Waals surface area contributed by atoms with Crippen LogP contribution in [-0.4, -0.2) is 47.9 Å². The van der Waals surface area contributed by atoms with Gasteiger partial charge in [-0.15, -0.1) is 0 Å². The Labute approximate surface area is 224 Å². The monoisotopic (exact) mass is 521 g/mol. The number of halogens is 2. The second kappa shape index (κ2) is 10.9. The average molecular weight is 523 g/mol. The first-order chi connectivity index (χ1) is 17.4. The summed E-state index contributed by atoms with van der Waals surface area (Å²) in [6.45, 7) is 5.54. The lowest BCUT2D eigenvalue weighted by molar-refractivity contribution is 0.0707. The molecule has 0 saturated carbocycles. The van der Waals surface area contributed by atoms with E-state index in [1.807, 2.05) is 49.4 Å². The first kappa shape index (κ1) is 25.3. The van der Waals surface area contributed by atoms with Crippen LogP contribution in [0.15, 0.2) is 72.8 Å². The Morgan fingerprint density at radius 3 is 2.50 bits per heavy atom. The van der Waals surface area contributed by atoms with Gasteiger partial charge in [-0.2, -0.15) is 0 Å². The molecule has 0 aliphatic carbocycles. The van der Waals surface area contributed by atoms with E-state index in [0.717, 1.165) is 50.1 Å². The van der Waals surface area contributed by atoms with Crippen molar-refractivity contribution in [3.05, 3.63) is 105 Å². The zero-order chi connectivity index (χ0) is 25.2. The highest BCUT2D eigenvalue weighted by Crippen LogP contribution is 2.36. The smallest absolute Gasteiger partial charge is 0.254 e. The van der Waals surface area contributed by atoms with Gasteiger partial charge in [-0.05, 0) is 73.2 Å². The van der Waals surface area contributed by atoms with Gasteiger partial charge in [0.25, 0.3) is 5.91 Å². The van der Waals surface area contributed by atoms with Crippen LogP contribution in [0, 0.1) is 0 Å². The van der Waals surface area contributed by atoms with Crippen molar-refractivity contribution in [2.45, 2.75) is 43.7 Å². The average Bonchev–Trinajstić information content (AvgIpc) is 3.53. The molecular formula is C30H33Cl2N3O. The maximum absolute atomic E-state index is 13.8. The summed E-state index contributed by atoms with van der Waals surface area (Å²) >= 11 is 12.4. The van der Waals surface area contributed by atoms with Crippen molar-refractivity contribution in [3.63, 3.8) is 0 Å². The molecule has 0 spiro atoms. The molecule has 0 radical (unpaired) electrons. The topological polar surface area (TPSA) is 49.6 Å². The fourth-order valence-electron chi connectivity index (χ4n) is 5.76. The lowest BCUT2D eigenvalue weighted by atomic mass is 9.96. The second-order valence-electron chi connectivity index (χ2n) is 10.3. The third kappa shape index (κ3) is 5.47. The van der Waals surface area contributed by atoms with Gasteiger partial charge in [-0.1, -0.05) is 71.7 Å². The van der Waals surface area contributed by atoms with E-state index < -0.39 is 0 Å². The van der Waals surface area contributed by atoms with Crippen molar-refractivity contribution in [1.29, 1.82) is 0 Å². The van der Waals surface area contributed by atoms with Gasteiger partial charge >= 0.3 is 0 Å². The molecule has 6 heteroatoms. The maximum Gasteiger partial charge on any atom is 0.254 e. The van der Waals surface area contributed by atoms with Crippen LogP contribution < -0.4 is 5.73 Å². The number of hydrogen-bond donors (Lipinski definition) is 1. The second-order valence-corrected chi connectivity index (χ2v) is 11.1. The van der Waals surface area contributed by atoms with Gasteiger partial charge in [0.1, 0.15) is 0 Å². The molecule has 2 aliphatic heterocycles. The van der Waals surface area contributed by atoms with Crippen LogP contribution in [0.2, 0.25) is 10.0 Å². The first-order valence-corrected chi connectivity index (χ1v) is 13.5. The highest BCUT2D eigenvalue weighted by atomic mass is 35.5. The molecule has 4 nitrogen and oxygen atoms in total. The van der Waals surface area contributed by atoms with Gasteiger partial charge in [-0.25, -0.2) is 0 Å². The SMILES string of the molecule is CC(N)c1cccc(C(=O)N2C[C@@H](c3ccccc3)C[C@H]2CN2CC[C@H](c3ccc(Cl)c(Cl)c3)C2)c1. The van der Waals surface area contributed by atoms with E-state index >= 15 is 0 Å². The molecule has 188 valence electrons. The summed E-state index contributed by atoms with van der Waals surface area (Å²) in [5.41, 5.74) is 10.3. The quantitative estimate of drug-likeness (QED) is 0.402. The zero-order valence-electron chi connectivity index (χ0n) is 20.6. The molecule has 0 bridgehead atoms. The highest BCUT2D eigenvalue weighted by molar-refractivity contribution is 6.42. The van der Waals surface area contributed by atoms with Crippen molar-refractivity contribution < 1.29 is 4.79 Å². The van der Waals surface area contributed by atoms with Crippen molar-refractivity contribution in [1.82, 2.24) is 9.80 Å². The Morgan fingerprint density at radius 1 is 0.944 bits per heavy atom. The van der Waals surface area contributed by atoms with E-state index in [1.54, 1.807) is 0 Å².